The first-order valence-electron chi connectivity index (χ1n) is 7.24. The van der Waals surface area contributed by atoms with Gasteiger partial charge in [-0.05, 0) is 25.5 Å². The minimum Gasteiger partial charge on any atom is -0.310 e. The highest BCUT2D eigenvalue weighted by atomic mass is 15.3. The summed E-state index contributed by atoms with van der Waals surface area (Å²) in [6.45, 7) is 5.28. The van der Waals surface area contributed by atoms with Gasteiger partial charge in [-0.1, -0.05) is 13.8 Å². The lowest BCUT2D eigenvalue weighted by Gasteiger charge is -2.18. The highest BCUT2D eigenvalue weighted by Gasteiger charge is 2.15. The van der Waals surface area contributed by atoms with Crippen LogP contribution in [0.25, 0.3) is 0 Å². The van der Waals surface area contributed by atoms with Crippen LogP contribution in [0.5, 0.6) is 0 Å². The van der Waals surface area contributed by atoms with E-state index in [0.29, 0.717) is 0 Å². The van der Waals surface area contributed by atoms with Gasteiger partial charge < -0.3 is 5.32 Å². The highest BCUT2D eigenvalue weighted by molar-refractivity contribution is 5.17. The van der Waals surface area contributed by atoms with Crippen LogP contribution in [-0.2, 0) is 19.9 Å². The second kappa shape index (κ2) is 7.14. The van der Waals surface area contributed by atoms with Gasteiger partial charge >= 0.3 is 0 Å². The third kappa shape index (κ3) is 3.63. The number of hydrogen-bond acceptors (Lipinski definition) is 4. The molecule has 0 fully saturated rings. The van der Waals surface area contributed by atoms with E-state index in [2.05, 4.69) is 40.3 Å². The first-order valence-corrected chi connectivity index (χ1v) is 7.24. The summed E-state index contributed by atoms with van der Waals surface area (Å²) in [6.07, 6.45) is 8.32. The Hall–Kier alpha value is -1.75. The second-order valence-corrected chi connectivity index (χ2v) is 4.99. The lowest BCUT2D eigenvalue weighted by Crippen LogP contribution is -2.25. The van der Waals surface area contributed by atoms with Gasteiger partial charge in [-0.3, -0.25) is 4.68 Å². The lowest BCUT2D eigenvalue weighted by molar-refractivity contribution is 0.509. The molecule has 2 heterocycles. The summed E-state index contributed by atoms with van der Waals surface area (Å²) in [7, 11) is 2.01. The van der Waals surface area contributed by atoms with Crippen LogP contribution < -0.4 is 5.32 Å². The van der Waals surface area contributed by atoms with E-state index in [1.165, 1.54) is 5.69 Å². The minimum atomic E-state index is 0.233. The van der Waals surface area contributed by atoms with Crippen LogP contribution >= 0.6 is 0 Å². The highest BCUT2D eigenvalue weighted by Crippen LogP contribution is 2.17. The summed E-state index contributed by atoms with van der Waals surface area (Å²) in [4.78, 5) is 8.25. The molecule has 2 rings (SSSR count). The fraction of sp³-hybridized carbons (Fsp3) is 0.533. The quantitative estimate of drug-likeness (QED) is 0.839. The van der Waals surface area contributed by atoms with E-state index in [-0.39, 0.29) is 6.04 Å². The van der Waals surface area contributed by atoms with Gasteiger partial charge in [0, 0.05) is 43.2 Å². The minimum absolute atomic E-state index is 0.233. The Labute approximate surface area is 120 Å². The van der Waals surface area contributed by atoms with Crippen LogP contribution in [0.1, 0.15) is 43.3 Å². The Morgan fingerprint density at radius 3 is 2.60 bits per heavy atom. The molecule has 0 bridgehead atoms. The molecule has 1 atom stereocenters. The molecule has 0 aliphatic heterocycles. The summed E-state index contributed by atoms with van der Waals surface area (Å²) in [6, 6.07) is 2.42. The van der Waals surface area contributed by atoms with Gasteiger partial charge in [0.1, 0.15) is 6.33 Å². The van der Waals surface area contributed by atoms with Crippen molar-refractivity contribution in [3.63, 3.8) is 0 Å². The molecule has 0 saturated carbocycles. The van der Waals surface area contributed by atoms with Gasteiger partial charge in [0.05, 0.1) is 5.69 Å². The number of nitrogens with zero attached hydrogens (tertiary/aromatic N) is 4. The average Bonchev–Trinajstić information content (AvgIpc) is 2.84. The van der Waals surface area contributed by atoms with Crippen LogP contribution in [0.3, 0.4) is 0 Å². The van der Waals surface area contributed by atoms with Gasteiger partial charge in [-0.15, -0.1) is 0 Å². The van der Waals surface area contributed by atoms with E-state index < -0.39 is 0 Å². The normalized spacial score (nSPS) is 12.6. The summed E-state index contributed by atoms with van der Waals surface area (Å²) in [5.74, 6) is 0. The zero-order valence-corrected chi connectivity index (χ0v) is 12.5. The second-order valence-electron chi connectivity index (χ2n) is 4.99. The molecule has 0 spiro atoms. The molecule has 2 aromatic heterocycles. The molecule has 1 N–H and O–H groups in total. The predicted octanol–water partition coefficient (Wildman–Crippen LogP) is 2.06. The van der Waals surface area contributed by atoms with E-state index in [0.717, 1.165) is 37.1 Å². The van der Waals surface area contributed by atoms with Crippen molar-refractivity contribution in [2.75, 3.05) is 6.54 Å². The molecule has 1 unspecified atom stereocenters. The Balaban J connectivity index is 2.16. The van der Waals surface area contributed by atoms with Gasteiger partial charge in [-0.2, -0.15) is 5.10 Å². The molecule has 108 valence electrons. The molecule has 0 aliphatic rings. The van der Waals surface area contributed by atoms with Crippen LogP contribution in [0.4, 0.5) is 0 Å². The van der Waals surface area contributed by atoms with Crippen LogP contribution in [0.2, 0.25) is 0 Å². The van der Waals surface area contributed by atoms with Gasteiger partial charge in [-0.25, -0.2) is 9.97 Å². The third-order valence-electron chi connectivity index (χ3n) is 3.43. The molecule has 0 radical (unpaired) electrons. The summed E-state index contributed by atoms with van der Waals surface area (Å²) in [5, 5.41) is 8.08. The number of hydrogen-bond donors (Lipinski definition) is 1. The maximum Gasteiger partial charge on any atom is 0.115 e. The van der Waals surface area contributed by atoms with Crippen molar-refractivity contribution < 1.29 is 0 Å². The standard InChI is InChI=1S/C15H23N5/c1-4-6-18-15(12-9-16-11-17-10-12)8-14-7-13(5-2)19-20(14)3/h7,9-11,15,18H,4-6,8H2,1-3H3. The Bertz CT molecular complexity index is 520. The van der Waals surface area contributed by atoms with Gasteiger partial charge in [0.25, 0.3) is 0 Å². The molecule has 0 saturated heterocycles. The zero-order chi connectivity index (χ0) is 14.4. The largest absolute Gasteiger partial charge is 0.310 e. The van der Waals surface area contributed by atoms with Crippen LogP contribution in [0.15, 0.2) is 24.8 Å². The molecule has 20 heavy (non-hydrogen) atoms. The van der Waals surface area contributed by atoms with E-state index in [1.807, 2.05) is 24.1 Å². The molecular formula is C15H23N5. The molecular weight excluding hydrogens is 250 g/mol. The SMILES string of the molecule is CCCNC(Cc1cc(CC)nn1C)c1cncnc1. The van der Waals surface area contributed by atoms with Gasteiger partial charge in [0.2, 0.25) is 0 Å². The molecule has 5 heteroatoms. The first-order chi connectivity index (χ1) is 9.74. The topological polar surface area (TPSA) is 55.6 Å². The molecule has 0 aromatic carbocycles. The fourth-order valence-corrected chi connectivity index (χ4v) is 2.26. The first kappa shape index (κ1) is 14.7. The summed E-state index contributed by atoms with van der Waals surface area (Å²) >= 11 is 0. The van der Waals surface area contributed by atoms with Crippen LogP contribution in [0, 0.1) is 0 Å². The average molecular weight is 273 g/mol. The number of nitrogens with one attached hydrogen (secondary N) is 1. The Morgan fingerprint density at radius 1 is 1.25 bits per heavy atom. The van der Waals surface area contributed by atoms with Gasteiger partial charge in [0.15, 0.2) is 0 Å². The van der Waals surface area contributed by atoms with Crippen molar-refractivity contribution >= 4 is 0 Å². The van der Waals surface area contributed by atoms with E-state index in [1.54, 1.807) is 6.33 Å². The maximum atomic E-state index is 4.51. The smallest absolute Gasteiger partial charge is 0.115 e. The van der Waals surface area contributed by atoms with E-state index in [4.69, 9.17) is 0 Å². The molecule has 0 amide bonds. The zero-order valence-electron chi connectivity index (χ0n) is 12.5. The molecule has 0 aliphatic carbocycles. The van der Waals surface area contributed by atoms with Crippen molar-refractivity contribution in [2.24, 2.45) is 7.05 Å². The maximum absolute atomic E-state index is 4.51. The van der Waals surface area contributed by atoms with Crippen molar-refractivity contribution in [3.8, 4) is 0 Å². The van der Waals surface area contributed by atoms with Crippen molar-refractivity contribution in [1.29, 1.82) is 0 Å². The van der Waals surface area contributed by atoms with Crippen molar-refractivity contribution in [1.82, 2.24) is 25.1 Å². The van der Waals surface area contributed by atoms with Crippen molar-refractivity contribution in [3.05, 3.63) is 41.7 Å². The Kier molecular flexibility index (Phi) is 5.24. The van der Waals surface area contributed by atoms with E-state index in [9.17, 15) is 0 Å². The third-order valence-corrected chi connectivity index (χ3v) is 3.43. The Morgan fingerprint density at radius 2 is 2.00 bits per heavy atom. The molecule has 5 nitrogen and oxygen atoms in total. The van der Waals surface area contributed by atoms with Crippen LogP contribution in [-0.4, -0.2) is 26.3 Å². The molecule has 2 aromatic rings. The summed E-state index contributed by atoms with van der Waals surface area (Å²) < 4.78 is 1.98. The fourth-order valence-electron chi connectivity index (χ4n) is 2.26. The van der Waals surface area contributed by atoms with E-state index >= 15 is 0 Å². The monoisotopic (exact) mass is 273 g/mol. The van der Waals surface area contributed by atoms with Crippen molar-refractivity contribution in [2.45, 2.75) is 39.2 Å². The lowest BCUT2D eigenvalue weighted by atomic mass is 10.0. The number of rotatable bonds is 7. The number of aryl methyl sites for hydroxylation is 2. The predicted molar refractivity (Wildman–Crippen MR) is 79.4 cm³/mol. The summed E-state index contributed by atoms with van der Waals surface area (Å²) in [5.41, 5.74) is 3.50. The number of aromatic nitrogens is 4.